The van der Waals surface area contributed by atoms with Crippen molar-refractivity contribution >= 4 is 40.0 Å². The first kappa shape index (κ1) is 15.7. The number of carbonyl (C=O) groups excluding carboxylic acids is 1. The van der Waals surface area contributed by atoms with E-state index in [4.69, 9.17) is 23.2 Å². The Morgan fingerprint density at radius 2 is 1.91 bits per heavy atom. The van der Waals surface area contributed by atoms with Crippen molar-refractivity contribution in [1.82, 2.24) is 10.3 Å². The zero-order valence-electron chi connectivity index (χ0n) is 11.8. The summed E-state index contributed by atoms with van der Waals surface area (Å²) in [5, 5.41) is 3.99. The summed E-state index contributed by atoms with van der Waals surface area (Å²) in [5.41, 5.74) is 1.44. The van der Waals surface area contributed by atoms with E-state index in [0.717, 1.165) is 5.56 Å². The van der Waals surface area contributed by atoms with Gasteiger partial charge in [0.2, 0.25) is 0 Å². The Labute approximate surface area is 142 Å². The van der Waals surface area contributed by atoms with Crippen LogP contribution in [0.3, 0.4) is 0 Å². The third kappa shape index (κ3) is 3.44. The summed E-state index contributed by atoms with van der Waals surface area (Å²) < 4.78 is 13.2. The molecule has 116 valence electrons. The molecule has 0 radical (unpaired) electrons. The molecular weight excluding hydrogens is 338 g/mol. The number of amides is 1. The third-order valence-corrected chi connectivity index (χ3v) is 4.03. The number of pyridine rings is 1. The van der Waals surface area contributed by atoms with Gasteiger partial charge in [-0.15, -0.1) is 0 Å². The summed E-state index contributed by atoms with van der Waals surface area (Å²) >= 11 is 12.1. The summed E-state index contributed by atoms with van der Waals surface area (Å²) in [4.78, 5) is 16.4. The van der Waals surface area contributed by atoms with Crippen LogP contribution in [0.15, 0.2) is 48.5 Å². The highest BCUT2D eigenvalue weighted by molar-refractivity contribution is 6.33. The SMILES string of the molecule is O=C(NCc1ccccc1Cl)c1cc2ccc(F)cc2nc1Cl. The lowest BCUT2D eigenvalue weighted by Crippen LogP contribution is -2.23. The van der Waals surface area contributed by atoms with Gasteiger partial charge >= 0.3 is 0 Å². The van der Waals surface area contributed by atoms with Gasteiger partial charge in [-0.3, -0.25) is 4.79 Å². The Balaban J connectivity index is 1.84. The Kier molecular flexibility index (Phi) is 4.46. The van der Waals surface area contributed by atoms with Crippen LogP contribution in [0.4, 0.5) is 4.39 Å². The van der Waals surface area contributed by atoms with Gasteiger partial charge in [0.1, 0.15) is 11.0 Å². The van der Waals surface area contributed by atoms with Crippen molar-refractivity contribution in [3.63, 3.8) is 0 Å². The van der Waals surface area contributed by atoms with Crippen molar-refractivity contribution in [1.29, 1.82) is 0 Å². The zero-order valence-corrected chi connectivity index (χ0v) is 13.3. The largest absolute Gasteiger partial charge is 0.348 e. The molecule has 0 saturated heterocycles. The van der Waals surface area contributed by atoms with Gasteiger partial charge in [0.15, 0.2) is 0 Å². The molecule has 0 spiro atoms. The van der Waals surface area contributed by atoms with Crippen LogP contribution in [0.1, 0.15) is 15.9 Å². The number of rotatable bonds is 3. The molecule has 0 saturated carbocycles. The van der Waals surface area contributed by atoms with Crippen LogP contribution in [-0.2, 0) is 6.54 Å². The Morgan fingerprint density at radius 1 is 1.13 bits per heavy atom. The van der Waals surface area contributed by atoms with Gasteiger partial charge in [0, 0.05) is 23.0 Å². The van der Waals surface area contributed by atoms with Crippen molar-refractivity contribution in [2.45, 2.75) is 6.54 Å². The Hall–Kier alpha value is -2.17. The van der Waals surface area contributed by atoms with E-state index in [9.17, 15) is 9.18 Å². The van der Waals surface area contributed by atoms with E-state index in [1.165, 1.54) is 12.1 Å². The summed E-state index contributed by atoms with van der Waals surface area (Å²) in [6, 6.07) is 13.0. The summed E-state index contributed by atoms with van der Waals surface area (Å²) in [6.07, 6.45) is 0. The van der Waals surface area contributed by atoms with E-state index in [2.05, 4.69) is 10.3 Å². The fourth-order valence-electron chi connectivity index (χ4n) is 2.19. The van der Waals surface area contributed by atoms with Crippen molar-refractivity contribution in [3.05, 3.63) is 75.7 Å². The second-order valence-electron chi connectivity index (χ2n) is 4.94. The molecule has 3 aromatic rings. The van der Waals surface area contributed by atoms with Crippen molar-refractivity contribution < 1.29 is 9.18 Å². The Morgan fingerprint density at radius 3 is 2.70 bits per heavy atom. The fraction of sp³-hybridized carbons (Fsp3) is 0.0588. The summed E-state index contributed by atoms with van der Waals surface area (Å²) in [5.74, 6) is -0.773. The monoisotopic (exact) mass is 348 g/mol. The van der Waals surface area contributed by atoms with Crippen LogP contribution in [0.25, 0.3) is 10.9 Å². The molecular formula is C17H11Cl2FN2O. The van der Waals surface area contributed by atoms with Gasteiger partial charge < -0.3 is 5.32 Å². The highest BCUT2D eigenvalue weighted by Crippen LogP contribution is 2.22. The molecule has 0 atom stereocenters. The summed E-state index contributed by atoms with van der Waals surface area (Å²) in [6.45, 7) is 0.274. The van der Waals surface area contributed by atoms with Crippen LogP contribution < -0.4 is 5.32 Å². The molecule has 23 heavy (non-hydrogen) atoms. The normalized spacial score (nSPS) is 10.7. The second kappa shape index (κ2) is 6.52. The van der Waals surface area contributed by atoms with Crippen LogP contribution in [0.2, 0.25) is 10.2 Å². The molecule has 1 amide bonds. The van der Waals surface area contributed by atoms with Gasteiger partial charge in [0.05, 0.1) is 11.1 Å². The quantitative estimate of drug-likeness (QED) is 0.702. The average Bonchev–Trinajstić information content (AvgIpc) is 2.53. The van der Waals surface area contributed by atoms with Gasteiger partial charge in [0.25, 0.3) is 5.91 Å². The molecule has 3 nitrogen and oxygen atoms in total. The maximum Gasteiger partial charge on any atom is 0.254 e. The number of nitrogens with one attached hydrogen (secondary N) is 1. The zero-order chi connectivity index (χ0) is 16.4. The molecule has 6 heteroatoms. The van der Waals surface area contributed by atoms with Crippen LogP contribution in [0, 0.1) is 5.82 Å². The summed E-state index contributed by atoms with van der Waals surface area (Å²) in [7, 11) is 0. The number of nitrogens with zero attached hydrogens (tertiary/aromatic N) is 1. The Bertz CT molecular complexity index is 899. The highest BCUT2D eigenvalue weighted by atomic mass is 35.5. The van der Waals surface area contributed by atoms with Crippen molar-refractivity contribution in [3.8, 4) is 0 Å². The molecule has 1 aromatic heterocycles. The molecule has 0 bridgehead atoms. The number of carbonyl (C=O) groups is 1. The first-order valence-corrected chi connectivity index (χ1v) is 7.57. The number of benzene rings is 2. The highest BCUT2D eigenvalue weighted by Gasteiger charge is 2.13. The number of aromatic nitrogens is 1. The topological polar surface area (TPSA) is 42.0 Å². The number of fused-ring (bicyclic) bond motifs is 1. The maximum atomic E-state index is 13.2. The van der Waals surface area contributed by atoms with E-state index in [1.54, 1.807) is 18.2 Å². The second-order valence-corrected chi connectivity index (χ2v) is 5.70. The van der Waals surface area contributed by atoms with E-state index in [-0.39, 0.29) is 23.2 Å². The van der Waals surface area contributed by atoms with E-state index in [1.807, 2.05) is 18.2 Å². The van der Waals surface area contributed by atoms with Crippen LogP contribution in [0.5, 0.6) is 0 Å². The lowest BCUT2D eigenvalue weighted by atomic mass is 10.1. The predicted octanol–water partition coefficient (Wildman–Crippen LogP) is 4.61. The van der Waals surface area contributed by atoms with Crippen molar-refractivity contribution in [2.75, 3.05) is 0 Å². The van der Waals surface area contributed by atoms with Gasteiger partial charge in [-0.05, 0) is 29.8 Å². The molecule has 1 N–H and O–H groups in total. The van der Waals surface area contributed by atoms with Gasteiger partial charge in [-0.25, -0.2) is 9.37 Å². The third-order valence-electron chi connectivity index (χ3n) is 3.38. The lowest BCUT2D eigenvalue weighted by molar-refractivity contribution is 0.0951. The van der Waals surface area contributed by atoms with Gasteiger partial charge in [-0.2, -0.15) is 0 Å². The lowest BCUT2D eigenvalue weighted by Gasteiger charge is -2.09. The van der Waals surface area contributed by atoms with E-state index < -0.39 is 5.82 Å². The molecule has 0 aliphatic rings. The van der Waals surface area contributed by atoms with E-state index in [0.29, 0.717) is 15.9 Å². The van der Waals surface area contributed by atoms with Gasteiger partial charge in [-0.1, -0.05) is 41.4 Å². The molecule has 0 fully saturated rings. The minimum absolute atomic E-state index is 0.0276. The number of hydrogen-bond acceptors (Lipinski definition) is 2. The minimum Gasteiger partial charge on any atom is -0.348 e. The molecule has 3 rings (SSSR count). The van der Waals surface area contributed by atoms with Crippen LogP contribution >= 0.6 is 23.2 Å². The molecule has 0 unspecified atom stereocenters. The van der Waals surface area contributed by atoms with Crippen LogP contribution in [-0.4, -0.2) is 10.9 Å². The number of halogens is 3. The van der Waals surface area contributed by atoms with Crippen molar-refractivity contribution in [2.24, 2.45) is 0 Å². The first-order valence-electron chi connectivity index (χ1n) is 6.82. The standard InChI is InChI=1S/C17H11Cl2FN2O/c18-14-4-2-1-3-11(14)9-21-17(23)13-7-10-5-6-12(20)8-15(10)22-16(13)19/h1-8H,9H2,(H,21,23). The number of hydrogen-bond donors (Lipinski definition) is 1. The predicted molar refractivity (Wildman–Crippen MR) is 89.3 cm³/mol. The maximum absolute atomic E-state index is 13.2. The molecule has 0 aliphatic carbocycles. The molecule has 0 aliphatic heterocycles. The minimum atomic E-state index is -0.406. The molecule has 1 heterocycles. The first-order chi connectivity index (χ1) is 11.0. The smallest absolute Gasteiger partial charge is 0.254 e. The average molecular weight is 349 g/mol. The fourth-order valence-corrected chi connectivity index (χ4v) is 2.62. The molecule has 2 aromatic carbocycles. The van der Waals surface area contributed by atoms with E-state index >= 15 is 0 Å².